The topological polar surface area (TPSA) is 77.9 Å². The predicted octanol–water partition coefficient (Wildman–Crippen LogP) is 2.65. The maximum atomic E-state index is 12.9. The van der Waals surface area contributed by atoms with E-state index in [0.29, 0.717) is 12.8 Å². The summed E-state index contributed by atoms with van der Waals surface area (Å²) in [5.41, 5.74) is 0.948. The van der Waals surface area contributed by atoms with Gasteiger partial charge in [-0.25, -0.2) is 8.42 Å². The van der Waals surface area contributed by atoms with Gasteiger partial charge in [0.1, 0.15) is 0 Å². The van der Waals surface area contributed by atoms with Gasteiger partial charge in [0.05, 0.1) is 21.1 Å². The minimum Gasteiger partial charge on any atom is -0.481 e. The molecule has 6 nitrogen and oxygen atoms in total. The maximum Gasteiger partial charge on any atom is 0.306 e. The van der Waals surface area contributed by atoms with Gasteiger partial charge in [-0.1, -0.05) is 11.6 Å². The Balaban J connectivity index is 1.47. The zero-order valence-corrected chi connectivity index (χ0v) is 16.8. The molecule has 1 heterocycles. The normalized spacial score (nSPS) is 27.1. The highest BCUT2D eigenvalue weighted by molar-refractivity contribution is 7.92. The molecule has 1 N–H and O–H groups in total. The van der Waals surface area contributed by atoms with Gasteiger partial charge in [-0.05, 0) is 50.3 Å². The molecular weight excluding hydrogens is 388 g/mol. The first-order chi connectivity index (χ1) is 12.9. The Kier molecular flexibility index (Phi) is 5.12. The molecule has 0 bridgehead atoms. The summed E-state index contributed by atoms with van der Waals surface area (Å²) in [5, 5.41) is 8.70. The van der Waals surface area contributed by atoms with Crippen LogP contribution in [0.5, 0.6) is 0 Å². The van der Waals surface area contributed by atoms with Crippen LogP contribution in [0, 0.1) is 5.92 Å². The van der Waals surface area contributed by atoms with Crippen molar-refractivity contribution in [1.29, 1.82) is 0 Å². The van der Waals surface area contributed by atoms with Crippen LogP contribution in [0.3, 0.4) is 0 Å². The van der Waals surface area contributed by atoms with E-state index in [0.717, 1.165) is 37.9 Å². The number of rotatable bonds is 5. The molecule has 2 aliphatic carbocycles. The summed E-state index contributed by atoms with van der Waals surface area (Å²) in [6.45, 7) is 3.89. The Bertz CT molecular complexity index is 832. The van der Waals surface area contributed by atoms with Crippen LogP contribution >= 0.6 is 11.6 Å². The minimum atomic E-state index is -3.62. The number of aliphatic carboxylic acids is 1. The van der Waals surface area contributed by atoms with Gasteiger partial charge in [0.2, 0.25) is 0 Å². The lowest BCUT2D eigenvalue weighted by atomic mass is 10.1. The van der Waals surface area contributed by atoms with Gasteiger partial charge in [-0.3, -0.25) is 9.69 Å². The van der Waals surface area contributed by atoms with Crippen molar-refractivity contribution in [2.45, 2.75) is 48.3 Å². The van der Waals surface area contributed by atoms with Crippen molar-refractivity contribution in [3.8, 4) is 0 Å². The second kappa shape index (κ2) is 7.26. The van der Waals surface area contributed by atoms with Crippen LogP contribution in [-0.4, -0.2) is 61.9 Å². The minimum absolute atomic E-state index is 0.126. The molecule has 3 fully saturated rings. The van der Waals surface area contributed by atoms with Crippen LogP contribution < -0.4 is 4.90 Å². The van der Waals surface area contributed by atoms with Crippen LogP contribution in [0.1, 0.15) is 32.1 Å². The third kappa shape index (κ3) is 3.82. The molecule has 8 heteroatoms. The number of hydrogen-bond acceptors (Lipinski definition) is 5. The van der Waals surface area contributed by atoms with Crippen molar-refractivity contribution >= 4 is 33.1 Å². The first kappa shape index (κ1) is 19.0. The smallest absolute Gasteiger partial charge is 0.306 e. The Morgan fingerprint density at radius 3 is 2.33 bits per heavy atom. The lowest BCUT2D eigenvalue weighted by Gasteiger charge is -2.36. The summed E-state index contributed by atoms with van der Waals surface area (Å²) in [7, 11) is -3.62. The molecule has 148 valence electrons. The zero-order valence-electron chi connectivity index (χ0n) is 15.2. The fourth-order valence-electron chi connectivity index (χ4n) is 4.33. The van der Waals surface area contributed by atoms with E-state index >= 15 is 0 Å². The van der Waals surface area contributed by atoms with E-state index in [1.54, 1.807) is 12.1 Å². The first-order valence-corrected chi connectivity index (χ1v) is 11.5. The van der Waals surface area contributed by atoms with Crippen molar-refractivity contribution in [1.82, 2.24) is 4.90 Å². The van der Waals surface area contributed by atoms with E-state index in [2.05, 4.69) is 9.80 Å². The third-order valence-corrected chi connectivity index (χ3v) is 8.84. The summed E-state index contributed by atoms with van der Waals surface area (Å²) < 4.78 is 25.9. The Morgan fingerprint density at radius 1 is 1.07 bits per heavy atom. The molecular formula is C19H25ClN2O4S. The Hall–Kier alpha value is -1.31. The second-order valence-corrected chi connectivity index (χ2v) is 10.5. The van der Waals surface area contributed by atoms with E-state index in [1.807, 2.05) is 6.07 Å². The van der Waals surface area contributed by atoms with Crippen molar-refractivity contribution < 1.29 is 18.3 Å². The molecule has 1 aromatic rings. The molecule has 0 unspecified atom stereocenters. The van der Waals surface area contributed by atoms with Crippen molar-refractivity contribution in [2.24, 2.45) is 5.92 Å². The van der Waals surface area contributed by atoms with Crippen LogP contribution in [0.15, 0.2) is 23.1 Å². The maximum absolute atomic E-state index is 12.9. The van der Waals surface area contributed by atoms with E-state index in [4.69, 9.17) is 16.7 Å². The van der Waals surface area contributed by atoms with Crippen molar-refractivity contribution in [3.63, 3.8) is 0 Å². The Morgan fingerprint density at radius 2 is 1.78 bits per heavy atom. The highest BCUT2D eigenvalue weighted by Crippen LogP contribution is 2.37. The summed E-state index contributed by atoms with van der Waals surface area (Å²) in [5.74, 6) is -1.50. The lowest BCUT2D eigenvalue weighted by molar-refractivity contribution is -0.141. The highest BCUT2D eigenvalue weighted by atomic mass is 35.5. The molecule has 2 atom stereocenters. The molecule has 4 rings (SSSR count). The monoisotopic (exact) mass is 412 g/mol. The van der Waals surface area contributed by atoms with Gasteiger partial charge in [0, 0.05) is 37.9 Å². The van der Waals surface area contributed by atoms with Crippen LogP contribution in [0.2, 0.25) is 5.02 Å². The van der Waals surface area contributed by atoms with Gasteiger partial charge in [0.25, 0.3) is 0 Å². The van der Waals surface area contributed by atoms with Gasteiger partial charge in [-0.2, -0.15) is 0 Å². The number of hydrogen-bond donors (Lipinski definition) is 1. The third-order valence-electron chi connectivity index (χ3n) is 6.14. The fourth-order valence-corrected chi connectivity index (χ4v) is 6.70. The molecule has 2 saturated carbocycles. The molecule has 1 saturated heterocycles. The number of carboxylic acids is 1. The molecule has 3 aliphatic rings. The number of halogens is 1. The van der Waals surface area contributed by atoms with Gasteiger partial charge in [0.15, 0.2) is 9.84 Å². The summed E-state index contributed by atoms with van der Waals surface area (Å²) >= 11 is 6.37. The van der Waals surface area contributed by atoms with Gasteiger partial charge < -0.3 is 10.0 Å². The SMILES string of the molecule is O=C(O)[C@@H]1CC[C@@H](S(=O)(=O)c2ccc(N3CCN(C4CC4)CC3)cc2Cl)C1. The van der Waals surface area contributed by atoms with E-state index in [9.17, 15) is 13.2 Å². The van der Waals surface area contributed by atoms with Gasteiger partial charge in [-0.15, -0.1) is 0 Å². The summed E-state index contributed by atoms with van der Waals surface area (Å²) in [4.78, 5) is 16.0. The average Bonchev–Trinajstić information content (AvgIpc) is 3.36. The number of anilines is 1. The molecule has 0 radical (unpaired) electrons. The van der Waals surface area contributed by atoms with Crippen molar-refractivity contribution in [3.05, 3.63) is 23.2 Å². The molecule has 1 aliphatic heterocycles. The average molecular weight is 413 g/mol. The fraction of sp³-hybridized carbons (Fsp3) is 0.632. The number of sulfone groups is 1. The Labute approximate surface area is 165 Å². The molecule has 0 amide bonds. The highest BCUT2D eigenvalue weighted by Gasteiger charge is 2.39. The van der Waals surface area contributed by atoms with E-state index in [1.165, 1.54) is 12.8 Å². The summed E-state index contributed by atoms with van der Waals surface area (Å²) in [6.07, 6.45) is 3.56. The van der Waals surface area contributed by atoms with Crippen LogP contribution in [0.25, 0.3) is 0 Å². The first-order valence-electron chi connectivity index (χ1n) is 9.61. The molecule has 0 spiro atoms. The van der Waals surface area contributed by atoms with Crippen molar-refractivity contribution in [2.75, 3.05) is 31.1 Å². The number of piperazine rings is 1. The number of nitrogens with zero attached hydrogens (tertiary/aromatic N) is 2. The molecule has 1 aromatic carbocycles. The largest absolute Gasteiger partial charge is 0.481 e. The number of carbonyl (C=O) groups is 1. The molecule has 0 aromatic heterocycles. The zero-order chi connectivity index (χ0) is 19.2. The van der Waals surface area contributed by atoms with E-state index < -0.39 is 27.0 Å². The second-order valence-electron chi connectivity index (χ2n) is 7.88. The predicted molar refractivity (Wildman–Crippen MR) is 104 cm³/mol. The van der Waals surface area contributed by atoms with Crippen LogP contribution in [-0.2, 0) is 14.6 Å². The standard InChI is InChI=1S/C19H25ClN2O4S/c20-17-12-15(22-9-7-21(8-10-22)14-2-3-14)4-6-18(17)27(25,26)16-5-1-13(11-16)19(23)24/h4,6,12-14,16H,1-3,5,7-11H2,(H,23,24)/t13-,16-/m1/s1. The van der Waals surface area contributed by atoms with Gasteiger partial charge >= 0.3 is 5.97 Å². The number of benzene rings is 1. The number of carboxylic acid groups (broad SMARTS) is 1. The van der Waals surface area contributed by atoms with E-state index in [-0.39, 0.29) is 16.3 Å². The quantitative estimate of drug-likeness (QED) is 0.801. The lowest BCUT2D eigenvalue weighted by Crippen LogP contribution is -2.47. The molecule has 27 heavy (non-hydrogen) atoms. The summed E-state index contributed by atoms with van der Waals surface area (Å²) in [6, 6.07) is 5.93. The van der Waals surface area contributed by atoms with Crippen LogP contribution in [0.4, 0.5) is 5.69 Å².